The fourth-order valence-electron chi connectivity index (χ4n) is 4.10. The topological polar surface area (TPSA) is 94.7 Å². The molecular formula is C24H28ClF4N5O4S. The van der Waals surface area contributed by atoms with Gasteiger partial charge in [0.15, 0.2) is 12.4 Å². The van der Waals surface area contributed by atoms with E-state index in [1.165, 1.54) is 22.1 Å². The van der Waals surface area contributed by atoms with Gasteiger partial charge < -0.3 is 24.2 Å². The number of nitrogens with one attached hydrogen (secondary N) is 1. The van der Waals surface area contributed by atoms with Gasteiger partial charge in [0.2, 0.25) is 5.88 Å². The summed E-state index contributed by atoms with van der Waals surface area (Å²) in [7, 11) is 0. The second kappa shape index (κ2) is 12.7. The predicted octanol–water partition coefficient (Wildman–Crippen LogP) is 5.16. The van der Waals surface area contributed by atoms with Gasteiger partial charge in [-0.15, -0.1) is 16.4 Å². The lowest BCUT2D eigenvalue weighted by atomic mass is 10.0. The van der Waals surface area contributed by atoms with Crippen LogP contribution >= 0.6 is 22.9 Å². The first-order chi connectivity index (χ1) is 18.5. The molecule has 1 aliphatic rings. The number of thiophene rings is 1. The first kappa shape index (κ1) is 29.3. The monoisotopic (exact) mass is 593 g/mol. The summed E-state index contributed by atoms with van der Waals surface area (Å²) in [5.74, 6) is -3.97. The summed E-state index contributed by atoms with van der Waals surface area (Å²) in [6.07, 6.45) is 1.52. The average Bonchev–Trinajstić information content (AvgIpc) is 3.62. The molecule has 9 nitrogen and oxygen atoms in total. The molecule has 1 saturated heterocycles. The van der Waals surface area contributed by atoms with Crippen LogP contribution in [0.5, 0.6) is 5.88 Å². The molecule has 0 aliphatic carbocycles. The number of carbonyl (C=O) groups is 1. The summed E-state index contributed by atoms with van der Waals surface area (Å²) in [6, 6.07) is 6.71. The Bertz CT molecular complexity index is 1240. The summed E-state index contributed by atoms with van der Waals surface area (Å²) < 4.78 is 68.2. The summed E-state index contributed by atoms with van der Waals surface area (Å²) in [5.41, 5.74) is 0.478. The van der Waals surface area contributed by atoms with Crippen LogP contribution in [-0.2, 0) is 11.3 Å². The second-order valence-electron chi connectivity index (χ2n) is 9.41. The van der Waals surface area contributed by atoms with Crippen molar-refractivity contribution >= 4 is 28.8 Å². The first-order valence-electron chi connectivity index (χ1n) is 12.2. The molecule has 4 rings (SSSR count). The molecule has 1 amide bonds. The number of nitrogens with zero attached hydrogens (tertiary/aromatic N) is 4. The Morgan fingerprint density at radius 3 is 2.64 bits per heavy atom. The number of hydrogen-bond donors (Lipinski definition) is 1. The van der Waals surface area contributed by atoms with Crippen LogP contribution in [0.25, 0.3) is 10.6 Å². The highest BCUT2D eigenvalue weighted by atomic mass is 35.5. The van der Waals surface area contributed by atoms with E-state index in [-0.39, 0.29) is 24.2 Å². The largest absolute Gasteiger partial charge is 0.470 e. The van der Waals surface area contributed by atoms with Gasteiger partial charge in [0.05, 0.1) is 15.8 Å². The van der Waals surface area contributed by atoms with Crippen LogP contribution in [0.1, 0.15) is 42.9 Å². The van der Waals surface area contributed by atoms with Gasteiger partial charge in [-0.05, 0) is 38.8 Å². The van der Waals surface area contributed by atoms with Crippen LogP contribution in [0, 0.1) is 0 Å². The molecule has 0 bridgehead atoms. The van der Waals surface area contributed by atoms with E-state index in [1.807, 2.05) is 0 Å². The Morgan fingerprint density at radius 2 is 2.00 bits per heavy atom. The average molecular weight is 594 g/mol. The van der Waals surface area contributed by atoms with E-state index < -0.39 is 31.7 Å². The van der Waals surface area contributed by atoms with Crippen LogP contribution in [0.4, 0.5) is 17.6 Å². The molecule has 1 N–H and O–H groups in total. The number of hydrogen-bond acceptors (Lipinski definition) is 8. The fourth-order valence-corrected chi connectivity index (χ4v) is 5.09. The SMILES string of the molecule is CC(C)N1CCC(NC(=O)c2cc(OCC(F)(F)COC(F)F)nn2Cc2cc(-c3ccc(Cl)s3)on2)CC1. The maximum absolute atomic E-state index is 13.9. The van der Waals surface area contributed by atoms with E-state index in [0.29, 0.717) is 21.8 Å². The highest BCUT2D eigenvalue weighted by Crippen LogP contribution is 2.31. The van der Waals surface area contributed by atoms with Gasteiger partial charge in [0, 0.05) is 37.3 Å². The smallest absolute Gasteiger partial charge is 0.345 e. The highest BCUT2D eigenvalue weighted by molar-refractivity contribution is 7.19. The third-order valence-electron chi connectivity index (χ3n) is 6.12. The van der Waals surface area contributed by atoms with Crippen molar-refractivity contribution in [3.05, 3.63) is 40.0 Å². The van der Waals surface area contributed by atoms with Crippen molar-refractivity contribution in [2.75, 3.05) is 26.3 Å². The van der Waals surface area contributed by atoms with Crippen molar-refractivity contribution in [2.24, 2.45) is 0 Å². The highest BCUT2D eigenvalue weighted by Gasteiger charge is 2.33. The Hall–Kier alpha value is -2.68. The lowest BCUT2D eigenvalue weighted by molar-refractivity contribution is -0.189. The standard InChI is InChI=1S/C24H28ClF4N5O4S/c1-14(2)33-7-5-15(6-8-33)30-22(35)17-10-21(36-12-24(28,29)13-37-23(26)27)31-34(17)11-16-9-18(38-32-16)19-3-4-20(25)39-19/h3-4,9-10,14-15,23H,5-8,11-13H2,1-2H3,(H,30,35). The molecule has 15 heteroatoms. The summed E-state index contributed by atoms with van der Waals surface area (Å²) in [5, 5.41) is 11.1. The predicted molar refractivity (Wildman–Crippen MR) is 136 cm³/mol. The summed E-state index contributed by atoms with van der Waals surface area (Å²) in [6.45, 7) is -0.252. The van der Waals surface area contributed by atoms with Gasteiger partial charge in [0.25, 0.3) is 5.91 Å². The molecule has 0 spiro atoms. The lowest BCUT2D eigenvalue weighted by Gasteiger charge is -2.34. The molecule has 3 aromatic rings. The Balaban J connectivity index is 1.49. The van der Waals surface area contributed by atoms with E-state index in [0.717, 1.165) is 30.8 Å². The van der Waals surface area contributed by atoms with E-state index in [2.05, 4.69) is 39.1 Å². The van der Waals surface area contributed by atoms with Crippen molar-refractivity contribution in [1.82, 2.24) is 25.2 Å². The Morgan fingerprint density at radius 1 is 1.26 bits per heavy atom. The Kier molecular flexibility index (Phi) is 9.51. The third kappa shape index (κ3) is 8.16. The van der Waals surface area contributed by atoms with Crippen molar-refractivity contribution in [1.29, 1.82) is 0 Å². The zero-order chi connectivity index (χ0) is 28.2. The molecule has 4 heterocycles. The molecule has 0 unspecified atom stereocenters. The molecule has 214 valence electrons. The van der Waals surface area contributed by atoms with Gasteiger partial charge in [-0.1, -0.05) is 16.8 Å². The second-order valence-corrected chi connectivity index (χ2v) is 11.1. The van der Waals surface area contributed by atoms with Gasteiger partial charge in [-0.3, -0.25) is 9.48 Å². The molecule has 0 saturated carbocycles. The minimum absolute atomic E-state index is 0.0224. The quantitative estimate of drug-likeness (QED) is 0.290. The van der Waals surface area contributed by atoms with Gasteiger partial charge in [-0.2, -0.15) is 8.78 Å². The van der Waals surface area contributed by atoms with E-state index in [1.54, 1.807) is 18.2 Å². The minimum atomic E-state index is -3.70. The zero-order valence-electron chi connectivity index (χ0n) is 21.2. The van der Waals surface area contributed by atoms with Crippen molar-refractivity contribution in [3.8, 4) is 16.5 Å². The number of halogens is 5. The number of rotatable bonds is 12. The van der Waals surface area contributed by atoms with Crippen LogP contribution in [-0.4, -0.2) is 76.7 Å². The Labute approximate surface area is 231 Å². The number of carbonyl (C=O) groups excluding carboxylic acids is 1. The van der Waals surface area contributed by atoms with Crippen molar-refractivity contribution in [2.45, 2.75) is 57.9 Å². The zero-order valence-corrected chi connectivity index (χ0v) is 22.8. The fraction of sp³-hybridized carbons (Fsp3) is 0.542. The molecule has 39 heavy (non-hydrogen) atoms. The van der Waals surface area contributed by atoms with Crippen LogP contribution in [0.3, 0.4) is 0 Å². The van der Waals surface area contributed by atoms with E-state index in [4.69, 9.17) is 20.9 Å². The van der Waals surface area contributed by atoms with Crippen LogP contribution in [0.2, 0.25) is 4.34 Å². The van der Waals surface area contributed by atoms with Crippen molar-refractivity contribution in [3.63, 3.8) is 0 Å². The molecule has 0 radical (unpaired) electrons. The van der Waals surface area contributed by atoms with E-state index in [9.17, 15) is 22.4 Å². The summed E-state index contributed by atoms with van der Waals surface area (Å²) in [4.78, 5) is 16.3. The van der Waals surface area contributed by atoms with Crippen LogP contribution < -0.4 is 10.1 Å². The van der Waals surface area contributed by atoms with Crippen molar-refractivity contribution < 1.29 is 36.4 Å². The number of likely N-dealkylation sites (tertiary alicyclic amines) is 1. The molecule has 1 fully saturated rings. The molecular weight excluding hydrogens is 566 g/mol. The van der Waals surface area contributed by atoms with Gasteiger partial charge >= 0.3 is 12.5 Å². The lowest BCUT2D eigenvalue weighted by Crippen LogP contribution is -2.46. The maximum Gasteiger partial charge on any atom is 0.345 e. The number of aromatic nitrogens is 3. The number of alkyl halides is 4. The molecule has 0 aromatic carbocycles. The van der Waals surface area contributed by atoms with Gasteiger partial charge in [0.1, 0.15) is 18.0 Å². The number of amides is 1. The molecule has 1 aliphatic heterocycles. The van der Waals surface area contributed by atoms with E-state index >= 15 is 0 Å². The third-order valence-corrected chi connectivity index (χ3v) is 7.37. The number of ether oxygens (including phenoxy) is 2. The minimum Gasteiger partial charge on any atom is -0.470 e. The first-order valence-corrected chi connectivity index (χ1v) is 13.4. The summed E-state index contributed by atoms with van der Waals surface area (Å²) >= 11 is 7.29. The molecule has 0 atom stereocenters. The molecule has 3 aromatic heterocycles. The maximum atomic E-state index is 13.9. The number of piperidine rings is 1. The normalized spacial score (nSPS) is 15.4. The van der Waals surface area contributed by atoms with Crippen LogP contribution in [0.15, 0.2) is 28.8 Å². The van der Waals surface area contributed by atoms with Gasteiger partial charge in [-0.25, -0.2) is 8.78 Å².